The number of hydrogen-bond donors (Lipinski definition) is 0. The summed E-state index contributed by atoms with van der Waals surface area (Å²) >= 11 is 0. The highest BCUT2D eigenvalue weighted by molar-refractivity contribution is 4.57. The van der Waals surface area contributed by atoms with Crippen molar-refractivity contribution in [1.29, 1.82) is 0 Å². The Labute approximate surface area is 155 Å². The second-order valence-electron chi connectivity index (χ2n) is 7.31. The second-order valence-corrected chi connectivity index (χ2v) is 7.31. The van der Waals surface area contributed by atoms with Crippen molar-refractivity contribution in [3.8, 4) is 0 Å². The summed E-state index contributed by atoms with van der Waals surface area (Å²) in [5, 5.41) is 0. The van der Waals surface area contributed by atoms with Crippen LogP contribution in [0.1, 0.15) is 61.3 Å². The first-order chi connectivity index (χ1) is 11.8. The van der Waals surface area contributed by atoms with E-state index < -0.39 is 0 Å². The molecule has 0 heterocycles. The van der Waals surface area contributed by atoms with E-state index >= 15 is 0 Å². The van der Waals surface area contributed by atoms with Crippen molar-refractivity contribution in [3.05, 3.63) is 0 Å². The number of ether oxygens (including phenoxy) is 5. The average Bonchev–Trinajstić information content (AvgIpc) is 2.57. The molecule has 4 unspecified atom stereocenters. The highest BCUT2D eigenvalue weighted by atomic mass is 16.6. The van der Waals surface area contributed by atoms with Gasteiger partial charge in [-0.1, -0.05) is 13.8 Å². The summed E-state index contributed by atoms with van der Waals surface area (Å²) in [7, 11) is 0. The second kappa shape index (κ2) is 16.0. The lowest BCUT2D eigenvalue weighted by Crippen LogP contribution is -2.28. The Balaban J connectivity index is 3.62. The van der Waals surface area contributed by atoms with E-state index in [1.165, 1.54) is 6.42 Å². The summed E-state index contributed by atoms with van der Waals surface area (Å²) in [5.74, 6) is 0.737. The molecule has 0 radical (unpaired) electrons. The van der Waals surface area contributed by atoms with Gasteiger partial charge in [0.2, 0.25) is 0 Å². The molecule has 5 nitrogen and oxygen atoms in total. The van der Waals surface area contributed by atoms with Crippen molar-refractivity contribution in [3.63, 3.8) is 0 Å². The highest BCUT2D eigenvalue weighted by Gasteiger charge is 2.11. The van der Waals surface area contributed by atoms with Crippen molar-refractivity contribution < 1.29 is 23.7 Å². The van der Waals surface area contributed by atoms with Gasteiger partial charge in [0.15, 0.2) is 0 Å². The first kappa shape index (κ1) is 24.8. The van der Waals surface area contributed by atoms with Crippen LogP contribution >= 0.6 is 0 Å². The molecular formula is C20H42O5. The van der Waals surface area contributed by atoms with Gasteiger partial charge in [-0.15, -0.1) is 0 Å². The summed E-state index contributed by atoms with van der Waals surface area (Å²) in [4.78, 5) is 0. The molecule has 152 valence electrons. The van der Waals surface area contributed by atoms with E-state index in [1.54, 1.807) is 0 Å². The molecule has 0 aliphatic rings. The predicted octanol–water partition coefficient (Wildman–Crippen LogP) is 4.08. The van der Waals surface area contributed by atoms with Gasteiger partial charge >= 0.3 is 0 Å². The van der Waals surface area contributed by atoms with Gasteiger partial charge in [-0.3, -0.25) is 0 Å². The topological polar surface area (TPSA) is 46.2 Å². The SMILES string of the molecule is CCOCC(C)OCC(C)OCC(C)OCC(C)OCCCC(C)C. The Kier molecular flexibility index (Phi) is 15.9. The first-order valence-corrected chi connectivity index (χ1v) is 9.89. The quantitative estimate of drug-likeness (QED) is 0.365. The molecule has 4 atom stereocenters. The van der Waals surface area contributed by atoms with E-state index in [-0.39, 0.29) is 24.4 Å². The van der Waals surface area contributed by atoms with Gasteiger partial charge in [0.25, 0.3) is 0 Å². The molecular weight excluding hydrogens is 320 g/mol. The van der Waals surface area contributed by atoms with Crippen LogP contribution in [0.2, 0.25) is 0 Å². The normalized spacial score (nSPS) is 16.8. The van der Waals surface area contributed by atoms with E-state index in [4.69, 9.17) is 23.7 Å². The lowest BCUT2D eigenvalue weighted by molar-refractivity contribution is -0.0919. The van der Waals surface area contributed by atoms with Crippen LogP contribution in [0.4, 0.5) is 0 Å². The van der Waals surface area contributed by atoms with Crippen molar-refractivity contribution in [2.45, 2.75) is 85.7 Å². The smallest absolute Gasteiger partial charge is 0.0781 e. The fourth-order valence-corrected chi connectivity index (χ4v) is 2.15. The minimum atomic E-state index is 0.0415. The molecule has 0 fully saturated rings. The van der Waals surface area contributed by atoms with Crippen LogP contribution in [0.25, 0.3) is 0 Å². The zero-order valence-electron chi connectivity index (χ0n) is 17.6. The molecule has 0 aliphatic heterocycles. The highest BCUT2D eigenvalue weighted by Crippen LogP contribution is 2.06. The minimum Gasteiger partial charge on any atom is -0.379 e. The summed E-state index contributed by atoms with van der Waals surface area (Å²) in [6.07, 6.45) is 2.62. The number of hydrogen-bond acceptors (Lipinski definition) is 5. The van der Waals surface area contributed by atoms with E-state index in [0.29, 0.717) is 33.0 Å². The van der Waals surface area contributed by atoms with Gasteiger partial charge in [-0.25, -0.2) is 0 Å². The van der Waals surface area contributed by atoms with E-state index in [2.05, 4.69) is 20.8 Å². The molecule has 0 saturated heterocycles. The molecule has 5 heteroatoms. The van der Waals surface area contributed by atoms with Crippen LogP contribution < -0.4 is 0 Å². The molecule has 0 aliphatic carbocycles. The van der Waals surface area contributed by atoms with E-state index in [9.17, 15) is 0 Å². The van der Waals surface area contributed by atoms with Crippen LogP contribution in [0.3, 0.4) is 0 Å². The van der Waals surface area contributed by atoms with Crippen molar-refractivity contribution in [2.24, 2.45) is 5.92 Å². The Hall–Kier alpha value is -0.200. The van der Waals surface area contributed by atoms with Gasteiger partial charge in [0.1, 0.15) is 0 Å². The molecule has 0 rings (SSSR count). The van der Waals surface area contributed by atoms with Crippen LogP contribution in [0.15, 0.2) is 0 Å². The summed E-state index contributed by atoms with van der Waals surface area (Å²) < 4.78 is 28.4. The van der Waals surface area contributed by atoms with Gasteiger partial charge < -0.3 is 23.7 Å². The van der Waals surface area contributed by atoms with Crippen LogP contribution in [0, 0.1) is 5.92 Å². The van der Waals surface area contributed by atoms with E-state index in [1.807, 2.05) is 27.7 Å². The van der Waals surface area contributed by atoms with Crippen LogP contribution in [-0.2, 0) is 23.7 Å². The fraction of sp³-hybridized carbons (Fsp3) is 1.00. The first-order valence-electron chi connectivity index (χ1n) is 9.89. The average molecular weight is 363 g/mol. The third-order valence-corrected chi connectivity index (χ3v) is 3.73. The monoisotopic (exact) mass is 362 g/mol. The molecule has 0 N–H and O–H groups in total. The molecule has 0 spiro atoms. The van der Waals surface area contributed by atoms with Crippen molar-refractivity contribution in [1.82, 2.24) is 0 Å². The summed E-state index contributed by atoms with van der Waals surface area (Å²) in [6, 6.07) is 0. The maximum Gasteiger partial charge on any atom is 0.0781 e. The Bertz CT molecular complexity index is 285. The molecule has 25 heavy (non-hydrogen) atoms. The lowest BCUT2D eigenvalue weighted by atomic mass is 10.1. The Morgan fingerprint density at radius 2 is 1.04 bits per heavy atom. The van der Waals surface area contributed by atoms with Gasteiger partial charge in [0, 0.05) is 13.2 Å². The van der Waals surface area contributed by atoms with Gasteiger partial charge in [0.05, 0.1) is 50.8 Å². The third kappa shape index (κ3) is 17.0. The molecule has 0 bridgehead atoms. The third-order valence-electron chi connectivity index (χ3n) is 3.73. The minimum absolute atomic E-state index is 0.0415. The Morgan fingerprint density at radius 1 is 0.600 bits per heavy atom. The summed E-state index contributed by atoms with van der Waals surface area (Å²) in [6.45, 7) is 18.4. The van der Waals surface area contributed by atoms with Crippen LogP contribution in [0.5, 0.6) is 0 Å². The van der Waals surface area contributed by atoms with Crippen molar-refractivity contribution >= 4 is 0 Å². The van der Waals surface area contributed by atoms with E-state index in [0.717, 1.165) is 18.9 Å². The van der Waals surface area contributed by atoms with Crippen molar-refractivity contribution in [2.75, 3.05) is 39.6 Å². The Morgan fingerprint density at radius 3 is 1.48 bits per heavy atom. The lowest BCUT2D eigenvalue weighted by Gasteiger charge is -2.21. The number of rotatable bonds is 17. The molecule has 0 saturated carbocycles. The maximum absolute atomic E-state index is 5.80. The maximum atomic E-state index is 5.80. The summed E-state index contributed by atoms with van der Waals surface area (Å²) in [5.41, 5.74) is 0. The molecule has 0 aromatic rings. The van der Waals surface area contributed by atoms with Gasteiger partial charge in [-0.05, 0) is 53.4 Å². The molecule has 0 aromatic carbocycles. The van der Waals surface area contributed by atoms with Crippen LogP contribution in [-0.4, -0.2) is 64.1 Å². The fourth-order valence-electron chi connectivity index (χ4n) is 2.15. The molecule has 0 amide bonds. The van der Waals surface area contributed by atoms with Gasteiger partial charge in [-0.2, -0.15) is 0 Å². The molecule has 0 aromatic heterocycles. The zero-order valence-corrected chi connectivity index (χ0v) is 17.6. The standard InChI is InChI=1S/C20H42O5/c1-8-21-12-17(4)23-14-19(6)25-15-20(7)24-13-18(5)22-11-9-10-16(2)3/h16-20H,8-15H2,1-7H3. The zero-order chi connectivity index (χ0) is 19.1. The largest absolute Gasteiger partial charge is 0.379 e. The predicted molar refractivity (Wildman–Crippen MR) is 102 cm³/mol.